The summed E-state index contributed by atoms with van der Waals surface area (Å²) in [5.74, 6) is 1.14. The van der Waals surface area contributed by atoms with Crippen LogP contribution in [-0.4, -0.2) is 18.0 Å². The van der Waals surface area contributed by atoms with Crippen LogP contribution in [0, 0.1) is 18.1 Å². The smallest absolute Gasteiger partial charge is 0.121 e. The third-order valence-electron chi connectivity index (χ3n) is 8.62. The molecule has 251 valence electrons. The number of pyridine rings is 2. The third-order valence-corrected chi connectivity index (χ3v) is 10.6. The van der Waals surface area contributed by atoms with Gasteiger partial charge in [0, 0.05) is 37.9 Å². The summed E-state index contributed by atoms with van der Waals surface area (Å²) in [5, 5.41) is 3.69. The largest absolute Gasteiger partial charge is 0.501 e. The predicted molar refractivity (Wildman–Crippen MR) is 205 cm³/mol. The summed E-state index contributed by atoms with van der Waals surface area (Å²) in [6.07, 6.45) is 5.01. The van der Waals surface area contributed by atoms with Gasteiger partial charge in [-0.25, -0.2) is 0 Å². The van der Waals surface area contributed by atoms with Gasteiger partial charge >= 0.3 is 0 Å². The van der Waals surface area contributed by atoms with Gasteiger partial charge in [0.05, 0.1) is 13.7 Å². The molecule has 7 aromatic rings. The summed E-state index contributed by atoms with van der Waals surface area (Å²) < 4.78 is 6.35. The Bertz CT molecular complexity index is 2150. The van der Waals surface area contributed by atoms with Gasteiger partial charge in [-0.15, -0.1) is 54.1 Å². The van der Waals surface area contributed by atoms with E-state index in [1.54, 1.807) is 0 Å². The van der Waals surface area contributed by atoms with Crippen LogP contribution in [0.5, 0.6) is 0 Å². The molecule has 0 unspecified atom stereocenters. The quantitative estimate of drug-likeness (QED) is 0.119. The minimum atomic E-state index is -1.34. The number of fused-ring (bicyclic) bond motifs is 3. The minimum Gasteiger partial charge on any atom is -0.501 e. The minimum absolute atomic E-state index is 0. The molecule has 3 nitrogen and oxygen atoms in total. The molecule has 0 N–H and O–H groups in total. The summed E-state index contributed by atoms with van der Waals surface area (Å²) in [5.41, 5.74) is 10.8. The van der Waals surface area contributed by atoms with Crippen molar-refractivity contribution in [2.24, 2.45) is 5.92 Å². The zero-order valence-electron chi connectivity index (χ0n) is 29.5. The molecule has 1 radical (unpaired) electrons. The van der Waals surface area contributed by atoms with Crippen molar-refractivity contribution in [1.29, 1.82) is 0 Å². The van der Waals surface area contributed by atoms with Crippen LogP contribution >= 0.6 is 0 Å². The van der Waals surface area contributed by atoms with E-state index in [9.17, 15) is 0 Å². The van der Waals surface area contributed by atoms with Crippen LogP contribution in [0.2, 0.25) is 19.6 Å². The van der Waals surface area contributed by atoms with Crippen molar-refractivity contribution in [2.75, 3.05) is 0 Å². The first-order valence-electron chi connectivity index (χ1n) is 16.9. The Hall–Kier alpha value is -4.15. The van der Waals surface area contributed by atoms with E-state index < -0.39 is 8.07 Å². The zero-order valence-corrected chi connectivity index (χ0v) is 32.9. The van der Waals surface area contributed by atoms with Crippen molar-refractivity contribution in [1.82, 2.24) is 9.97 Å². The molecule has 3 heterocycles. The monoisotopic (exact) mass is 837 g/mol. The van der Waals surface area contributed by atoms with E-state index in [0.717, 1.165) is 56.4 Å². The van der Waals surface area contributed by atoms with Crippen molar-refractivity contribution in [2.45, 2.75) is 59.7 Å². The van der Waals surface area contributed by atoms with E-state index in [1.165, 1.54) is 21.9 Å². The van der Waals surface area contributed by atoms with Gasteiger partial charge in [0.1, 0.15) is 5.58 Å². The van der Waals surface area contributed by atoms with E-state index in [0.29, 0.717) is 11.8 Å². The van der Waals surface area contributed by atoms with Crippen molar-refractivity contribution >= 4 is 35.2 Å². The second-order valence-corrected chi connectivity index (χ2v) is 19.3. The topological polar surface area (TPSA) is 38.9 Å². The maximum Gasteiger partial charge on any atom is 0.121 e. The molecule has 4 aromatic carbocycles. The molecule has 0 aliphatic carbocycles. The van der Waals surface area contributed by atoms with E-state index in [4.69, 9.17) is 4.42 Å². The van der Waals surface area contributed by atoms with Gasteiger partial charge in [-0.05, 0) is 58.1 Å². The van der Waals surface area contributed by atoms with Gasteiger partial charge < -0.3 is 14.4 Å². The molecule has 0 bridgehead atoms. The number of hydrogen-bond donors (Lipinski definition) is 0. The van der Waals surface area contributed by atoms with Crippen molar-refractivity contribution in [3.05, 3.63) is 139 Å². The molecule has 0 atom stereocenters. The number of benzene rings is 4. The Morgan fingerprint density at radius 2 is 1.49 bits per heavy atom. The summed E-state index contributed by atoms with van der Waals surface area (Å²) in [4.78, 5) is 9.27. The van der Waals surface area contributed by atoms with E-state index >= 15 is 0 Å². The molecule has 0 spiro atoms. The fraction of sp³-hybridized carbons (Fsp3) is 0.227. The molecule has 0 aliphatic heterocycles. The maximum absolute atomic E-state index is 6.35. The Morgan fingerprint density at radius 3 is 2.18 bits per heavy atom. The second-order valence-electron chi connectivity index (χ2n) is 14.3. The first-order valence-corrected chi connectivity index (χ1v) is 20.4. The molecule has 0 fully saturated rings. The van der Waals surface area contributed by atoms with Crippen LogP contribution in [0.3, 0.4) is 0 Å². The van der Waals surface area contributed by atoms with Crippen LogP contribution in [-0.2, 0) is 26.5 Å². The average molecular weight is 837 g/mol. The fourth-order valence-corrected chi connectivity index (χ4v) is 7.91. The van der Waals surface area contributed by atoms with Gasteiger partial charge in [-0.1, -0.05) is 124 Å². The number of rotatable bonds is 7. The van der Waals surface area contributed by atoms with Crippen molar-refractivity contribution < 1.29 is 24.5 Å². The Balaban J connectivity index is 0.000000205. The zero-order chi connectivity index (χ0) is 33.8. The Labute approximate surface area is 306 Å². The van der Waals surface area contributed by atoms with Gasteiger partial charge in [0.2, 0.25) is 0 Å². The van der Waals surface area contributed by atoms with Gasteiger partial charge in [0.15, 0.2) is 0 Å². The Morgan fingerprint density at radius 1 is 0.714 bits per heavy atom. The first-order chi connectivity index (χ1) is 23.1. The van der Waals surface area contributed by atoms with Crippen LogP contribution in [0.25, 0.3) is 55.6 Å². The molecule has 7 rings (SSSR count). The molecule has 5 heteroatoms. The predicted octanol–water partition coefficient (Wildman–Crippen LogP) is 11.5. The normalized spacial score (nSPS) is 11.4. The Kier molecular flexibility index (Phi) is 11.5. The van der Waals surface area contributed by atoms with Crippen LogP contribution in [0.15, 0.2) is 120 Å². The molecule has 3 aromatic heterocycles. The van der Waals surface area contributed by atoms with Crippen LogP contribution < -0.4 is 5.19 Å². The van der Waals surface area contributed by atoms with Crippen LogP contribution in [0.1, 0.15) is 44.7 Å². The summed E-state index contributed by atoms with van der Waals surface area (Å²) in [6, 6.07) is 42.0. The van der Waals surface area contributed by atoms with Crippen molar-refractivity contribution in [3.8, 4) is 33.6 Å². The van der Waals surface area contributed by atoms with Crippen molar-refractivity contribution in [3.63, 3.8) is 0 Å². The summed E-state index contributed by atoms with van der Waals surface area (Å²) >= 11 is 0. The van der Waals surface area contributed by atoms with E-state index in [2.05, 4.69) is 148 Å². The molecular formula is C44H44IrN2OSi-2. The summed E-state index contributed by atoms with van der Waals surface area (Å²) in [6.45, 7) is 16.1. The first kappa shape index (κ1) is 36.1. The second kappa shape index (κ2) is 15.6. The average Bonchev–Trinajstić information content (AvgIpc) is 3.47. The number of aromatic nitrogens is 2. The molecule has 0 saturated carbocycles. The van der Waals surface area contributed by atoms with Crippen LogP contribution in [0.4, 0.5) is 0 Å². The number of nitrogens with zero attached hydrogens (tertiary/aromatic N) is 2. The standard InChI is InChI=1S/C27H22NO.C17H22NSi.Ir/c1-18(2)15-19-13-14-28-25(16-19)24-10-6-9-23-22-12-11-21(17-26(22)29-27(23)24)20-7-4-3-5-8-20;1-13(2)15-11-16(14-9-7-6-8-10-14)18-12-17(15)19(3,4)5;/h3-9,11-14,16-18H,15H2,1-2H3;6-9,11-13H,1-5H3;/q2*-1;. The van der Waals surface area contributed by atoms with E-state index in [-0.39, 0.29) is 20.1 Å². The van der Waals surface area contributed by atoms with Gasteiger partial charge in [0.25, 0.3) is 0 Å². The number of furan rings is 1. The molecule has 0 amide bonds. The van der Waals surface area contributed by atoms with E-state index in [1.807, 2.05) is 36.5 Å². The fourth-order valence-electron chi connectivity index (χ4n) is 6.23. The molecule has 0 aliphatic rings. The van der Waals surface area contributed by atoms with Gasteiger partial charge in [-0.3, -0.25) is 0 Å². The maximum atomic E-state index is 6.35. The molecule has 0 saturated heterocycles. The SMILES string of the molecule is CC(C)Cc1ccnc(-c2[c-]ccc3c2oc2cc(-c4ccccc4)ccc23)c1.CC(C)c1cc(-c2[c-]cccc2)ncc1[Si](C)(C)C.[Ir]. The summed E-state index contributed by atoms with van der Waals surface area (Å²) in [7, 11) is -1.34. The third kappa shape index (κ3) is 8.36. The number of hydrogen-bond acceptors (Lipinski definition) is 3. The molecular weight excluding hydrogens is 793 g/mol. The molecule has 49 heavy (non-hydrogen) atoms. The van der Waals surface area contributed by atoms with Gasteiger partial charge in [-0.2, -0.15) is 0 Å².